The first kappa shape index (κ1) is 13.3. The van der Waals surface area contributed by atoms with Crippen LogP contribution in [0.2, 0.25) is 5.02 Å². The van der Waals surface area contributed by atoms with E-state index in [0.29, 0.717) is 9.92 Å². The van der Waals surface area contributed by atoms with Gasteiger partial charge in [-0.25, -0.2) is 0 Å². The molecule has 0 fully saturated rings. The Bertz CT molecular complexity index is 375. The van der Waals surface area contributed by atoms with E-state index in [1.54, 1.807) is 18.2 Å². The zero-order chi connectivity index (χ0) is 12.0. The molecule has 0 aliphatic rings. The Morgan fingerprint density at radius 1 is 0.812 bits per heavy atom. The third kappa shape index (κ3) is 4.39. The number of halogens is 1. The van der Waals surface area contributed by atoms with Crippen LogP contribution in [-0.4, -0.2) is 5.11 Å². The molecule has 2 aromatic rings. The highest BCUT2D eigenvalue weighted by Crippen LogP contribution is 2.18. The van der Waals surface area contributed by atoms with Crippen LogP contribution < -0.4 is 0 Å². The van der Waals surface area contributed by atoms with Crippen LogP contribution >= 0.6 is 36.9 Å². The molecule has 0 atom stereocenters. The number of phenols is 1. The first-order valence-corrected chi connectivity index (χ1v) is 5.79. The molecule has 1 nitrogen and oxygen atoms in total. The Hall–Kier alpha value is -0.770. The molecule has 1 N–H and O–H groups in total. The molecule has 0 aliphatic carbocycles. The van der Waals surface area contributed by atoms with E-state index in [2.05, 4.69) is 25.3 Å². The molecular formula is C12H11ClOS2. The maximum Gasteiger partial charge on any atom is 0.128 e. The molecular weight excluding hydrogens is 260 g/mol. The monoisotopic (exact) mass is 270 g/mol. The lowest BCUT2D eigenvalue weighted by Crippen LogP contribution is -1.64. The van der Waals surface area contributed by atoms with Gasteiger partial charge in [-0.1, -0.05) is 35.9 Å². The number of phenolic OH excluding ortho intramolecular Hbond substituents is 1. The van der Waals surface area contributed by atoms with Gasteiger partial charge in [-0.2, -0.15) is 0 Å². The van der Waals surface area contributed by atoms with Crippen molar-refractivity contribution in [3.8, 4) is 5.75 Å². The van der Waals surface area contributed by atoms with Gasteiger partial charge in [0, 0.05) is 9.79 Å². The molecule has 0 bridgehead atoms. The van der Waals surface area contributed by atoms with Crippen LogP contribution in [0.5, 0.6) is 5.75 Å². The summed E-state index contributed by atoms with van der Waals surface area (Å²) in [6, 6.07) is 14.4. The van der Waals surface area contributed by atoms with Crippen LogP contribution in [0.4, 0.5) is 0 Å². The lowest BCUT2D eigenvalue weighted by molar-refractivity contribution is 0.463. The van der Waals surface area contributed by atoms with Crippen LogP contribution in [0.1, 0.15) is 0 Å². The van der Waals surface area contributed by atoms with E-state index < -0.39 is 0 Å². The van der Waals surface area contributed by atoms with E-state index in [1.165, 1.54) is 0 Å². The number of aromatic hydroxyl groups is 1. The van der Waals surface area contributed by atoms with E-state index >= 15 is 0 Å². The Morgan fingerprint density at radius 3 is 1.62 bits per heavy atom. The second-order valence-electron chi connectivity index (χ2n) is 2.94. The van der Waals surface area contributed by atoms with Gasteiger partial charge >= 0.3 is 0 Å². The van der Waals surface area contributed by atoms with Crippen molar-refractivity contribution < 1.29 is 5.11 Å². The summed E-state index contributed by atoms with van der Waals surface area (Å²) in [7, 11) is 0. The third-order valence-corrected chi connectivity index (χ3v) is 2.96. The number of hydrogen-bond donors (Lipinski definition) is 3. The zero-order valence-corrected chi connectivity index (χ0v) is 10.9. The molecule has 4 heteroatoms. The first-order chi connectivity index (χ1) is 7.61. The topological polar surface area (TPSA) is 20.2 Å². The zero-order valence-electron chi connectivity index (χ0n) is 8.34. The maximum absolute atomic E-state index is 8.84. The van der Waals surface area contributed by atoms with Gasteiger partial charge < -0.3 is 5.11 Å². The average Bonchev–Trinajstić information content (AvgIpc) is 2.28. The van der Waals surface area contributed by atoms with Gasteiger partial charge in [-0.15, -0.1) is 25.3 Å². The molecule has 16 heavy (non-hydrogen) atoms. The minimum Gasteiger partial charge on any atom is -0.507 e. The molecule has 0 aromatic heterocycles. The molecule has 0 amide bonds. The van der Waals surface area contributed by atoms with Crippen molar-refractivity contribution in [1.29, 1.82) is 0 Å². The summed E-state index contributed by atoms with van der Waals surface area (Å²) < 4.78 is 0. The third-order valence-electron chi connectivity index (χ3n) is 1.73. The number of benzene rings is 2. The minimum atomic E-state index is 0.232. The molecule has 2 rings (SSSR count). The van der Waals surface area contributed by atoms with Gasteiger partial charge in [0.1, 0.15) is 5.75 Å². The van der Waals surface area contributed by atoms with Crippen LogP contribution in [0.3, 0.4) is 0 Å². The van der Waals surface area contributed by atoms with Crippen LogP contribution in [-0.2, 0) is 0 Å². The van der Waals surface area contributed by atoms with Crippen molar-refractivity contribution in [3.63, 3.8) is 0 Å². The van der Waals surface area contributed by atoms with Gasteiger partial charge in [-0.05, 0) is 24.3 Å². The van der Waals surface area contributed by atoms with Crippen LogP contribution in [0.15, 0.2) is 58.3 Å². The van der Waals surface area contributed by atoms with Gasteiger partial charge in [0.2, 0.25) is 0 Å². The smallest absolute Gasteiger partial charge is 0.128 e. The SMILES string of the molecule is Oc1ccccc1S.Sc1ccccc1Cl. The van der Waals surface area contributed by atoms with Crippen LogP contribution in [0.25, 0.3) is 0 Å². The molecule has 2 aromatic carbocycles. The Kier molecular flexibility index (Phi) is 5.60. The van der Waals surface area contributed by atoms with E-state index in [4.69, 9.17) is 16.7 Å². The van der Waals surface area contributed by atoms with Gasteiger partial charge in [-0.3, -0.25) is 0 Å². The van der Waals surface area contributed by atoms with E-state index in [1.807, 2.05) is 30.3 Å². The fourth-order valence-corrected chi connectivity index (χ4v) is 1.37. The molecule has 0 heterocycles. The molecule has 0 spiro atoms. The molecule has 0 unspecified atom stereocenters. The lowest BCUT2D eigenvalue weighted by Gasteiger charge is -1.91. The maximum atomic E-state index is 8.84. The number of hydrogen-bond acceptors (Lipinski definition) is 3. The Morgan fingerprint density at radius 2 is 1.31 bits per heavy atom. The summed E-state index contributed by atoms with van der Waals surface area (Å²) in [6.45, 7) is 0. The van der Waals surface area contributed by atoms with Crippen molar-refractivity contribution in [2.24, 2.45) is 0 Å². The molecule has 0 radical (unpaired) electrons. The molecule has 0 aliphatic heterocycles. The lowest BCUT2D eigenvalue weighted by atomic mass is 10.3. The largest absolute Gasteiger partial charge is 0.507 e. The number of para-hydroxylation sites is 1. The second kappa shape index (κ2) is 6.74. The normalized spacial score (nSPS) is 9.19. The van der Waals surface area contributed by atoms with Crippen molar-refractivity contribution in [2.45, 2.75) is 9.79 Å². The molecule has 84 valence electrons. The summed E-state index contributed by atoms with van der Waals surface area (Å²) in [6.07, 6.45) is 0. The van der Waals surface area contributed by atoms with Gasteiger partial charge in [0.25, 0.3) is 0 Å². The van der Waals surface area contributed by atoms with Crippen molar-refractivity contribution in [1.82, 2.24) is 0 Å². The predicted octanol–water partition coefficient (Wildman–Crippen LogP) is 4.31. The van der Waals surface area contributed by atoms with Crippen LogP contribution in [0, 0.1) is 0 Å². The first-order valence-electron chi connectivity index (χ1n) is 4.51. The minimum absolute atomic E-state index is 0.232. The highest BCUT2D eigenvalue weighted by Gasteiger charge is 1.88. The Balaban J connectivity index is 0.000000160. The molecule has 0 saturated heterocycles. The summed E-state index contributed by atoms with van der Waals surface area (Å²) in [5.41, 5.74) is 0. The quantitative estimate of drug-likeness (QED) is 0.610. The predicted molar refractivity (Wildman–Crippen MR) is 74.1 cm³/mol. The fourth-order valence-electron chi connectivity index (χ4n) is 0.916. The number of thiol groups is 2. The van der Waals surface area contributed by atoms with E-state index in [-0.39, 0.29) is 5.75 Å². The second-order valence-corrected chi connectivity index (χ2v) is 4.31. The van der Waals surface area contributed by atoms with E-state index in [9.17, 15) is 0 Å². The van der Waals surface area contributed by atoms with E-state index in [0.717, 1.165) is 4.90 Å². The molecule has 0 saturated carbocycles. The van der Waals surface area contributed by atoms with Gasteiger partial charge in [0.05, 0.1) is 5.02 Å². The standard InChI is InChI=1S/C6H5ClS.C6H6OS/c2*7-5-3-1-2-4-6(5)8/h1-4,8H;1-4,7-8H. The summed E-state index contributed by atoms with van der Waals surface area (Å²) in [5, 5.41) is 9.55. The summed E-state index contributed by atoms with van der Waals surface area (Å²) in [5.74, 6) is 0.232. The van der Waals surface area contributed by atoms with Crippen molar-refractivity contribution in [3.05, 3.63) is 53.6 Å². The van der Waals surface area contributed by atoms with Gasteiger partial charge in [0.15, 0.2) is 0 Å². The van der Waals surface area contributed by atoms with Crippen molar-refractivity contribution in [2.75, 3.05) is 0 Å². The highest BCUT2D eigenvalue weighted by molar-refractivity contribution is 7.80. The average molecular weight is 271 g/mol. The fraction of sp³-hybridized carbons (Fsp3) is 0. The van der Waals surface area contributed by atoms with Crippen molar-refractivity contribution >= 4 is 36.9 Å². The number of rotatable bonds is 0. The Labute approximate surface area is 111 Å². The highest BCUT2D eigenvalue weighted by atomic mass is 35.5. The summed E-state index contributed by atoms with van der Waals surface area (Å²) in [4.78, 5) is 1.45. The summed E-state index contributed by atoms with van der Waals surface area (Å²) >= 11 is 13.6.